The number of rotatable bonds is 18. The summed E-state index contributed by atoms with van der Waals surface area (Å²) in [6.07, 6.45) is 6.75. The number of aliphatic hydroxyl groups is 2. The van der Waals surface area contributed by atoms with Crippen LogP contribution in [-0.4, -0.2) is 136 Å². The SMILES string of the molecule is Cc1ncsc1-c1ccc([C@@H](NC(=O)[C@@H]2C[C@@H](O)CN2C(=O)C(C(C)C)n2cc(OCCCCN3CCCN(c4nccc(-c5noc([C@@]6(C)CCCc7sc(N)c(C#N)c76)n5)n4)[C@@H](C)C3)nn2)[C@H](O)C(C)C)cc1. The molecule has 2 aliphatic heterocycles. The van der Waals surface area contributed by atoms with Gasteiger partial charge in [0.05, 0.1) is 58.1 Å². The number of nitrogens with two attached hydrogens (primary N) is 1. The number of carbonyl (C=O) groups is 2. The molecule has 2 saturated heterocycles. The van der Waals surface area contributed by atoms with Crippen LogP contribution in [0.15, 0.2) is 52.8 Å². The Labute approximate surface area is 445 Å². The van der Waals surface area contributed by atoms with E-state index in [2.05, 4.69) is 53.5 Å². The number of β-amino-alcohol motifs (C(OH)–C–C–N with tert-alkyl or cyclic N) is 1. The number of aryl methyl sites for hydroxylation is 2. The Morgan fingerprint density at radius 3 is 2.60 bits per heavy atom. The smallest absolute Gasteiger partial charge is 0.253 e. The van der Waals surface area contributed by atoms with Gasteiger partial charge in [0, 0.05) is 48.7 Å². The van der Waals surface area contributed by atoms with Crippen molar-refractivity contribution in [3.05, 3.63) is 81.4 Å². The van der Waals surface area contributed by atoms with Gasteiger partial charge in [-0.25, -0.2) is 19.6 Å². The number of unbranched alkanes of at least 4 members (excludes halogenated alkanes) is 1. The van der Waals surface area contributed by atoms with Crippen LogP contribution in [0.1, 0.15) is 125 Å². The van der Waals surface area contributed by atoms with E-state index in [1.54, 1.807) is 35.3 Å². The highest BCUT2D eigenvalue weighted by molar-refractivity contribution is 7.16. The first kappa shape index (κ1) is 53.4. The predicted octanol–water partition coefficient (Wildman–Crippen LogP) is 6.50. The number of nitrogens with zero attached hydrogens (tertiary/aromatic N) is 12. The largest absolute Gasteiger partial charge is 0.475 e. The van der Waals surface area contributed by atoms with Gasteiger partial charge in [-0.05, 0) is 101 Å². The van der Waals surface area contributed by atoms with Gasteiger partial charge in [0.25, 0.3) is 5.88 Å². The fraction of sp³-hybridized carbons (Fsp3) is 0.547. The number of aromatic nitrogens is 8. The minimum Gasteiger partial charge on any atom is -0.475 e. The second kappa shape index (κ2) is 22.8. The molecule has 22 heteroatoms. The number of hydrogen-bond acceptors (Lipinski definition) is 19. The first-order valence-electron chi connectivity index (χ1n) is 26.0. The predicted molar refractivity (Wildman–Crippen MR) is 285 cm³/mol. The molecule has 20 nitrogen and oxygen atoms in total. The Balaban J connectivity index is 0.767. The summed E-state index contributed by atoms with van der Waals surface area (Å²) in [5, 5.41) is 48.7. The van der Waals surface area contributed by atoms with Crippen molar-refractivity contribution < 1.29 is 29.1 Å². The van der Waals surface area contributed by atoms with Gasteiger partial charge in [-0.15, -0.1) is 22.7 Å². The zero-order valence-electron chi connectivity index (χ0n) is 43.7. The van der Waals surface area contributed by atoms with E-state index in [-0.39, 0.29) is 36.8 Å². The van der Waals surface area contributed by atoms with Crippen molar-refractivity contribution in [2.75, 3.05) is 50.0 Å². The Bertz CT molecular complexity index is 2980. The molecule has 5 aromatic heterocycles. The summed E-state index contributed by atoms with van der Waals surface area (Å²) in [5.41, 5.74) is 12.1. The van der Waals surface area contributed by atoms with Gasteiger partial charge in [-0.1, -0.05) is 67.4 Å². The summed E-state index contributed by atoms with van der Waals surface area (Å²) >= 11 is 3.02. The number of thiazole rings is 1. The highest BCUT2D eigenvalue weighted by Crippen LogP contribution is 2.48. The number of carbonyl (C=O) groups excluding carboxylic acids is 2. The summed E-state index contributed by atoms with van der Waals surface area (Å²) in [6.45, 7) is 17.6. The molecule has 9 rings (SSSR count). The van der Waals surface area contributed by atoms with Crippen LogP contribution in [0.5, 0.6) is 5.88 Å². The normalized spacial score (nSPS) is 21.4. The minimum atomic E-state index is -0.963. The van der Waals surface area contributed by atoms with Gasteiger partial charge in [0.2, 0.25) is 29.5 Å². The molecule has 2 amide bonds. The lowest BCUT2D eigenvalue weighted by molar-refractivity contribution is -0.143. The van der Waals surface area contributed by atoms with Crippen molar-refractivity contribution >= 4 is 45.4 Å². The fourth-order valence-electron chi connectivity index (χ4n) is 10.9. The minimum absolute atomic E-state index is 0.0175. The van der Waals surface area contributed by atoms with Gasteiger partial charge in [0.15, 0.2) is 0 Å². The molecular weight excluding hydrogens is 993 g/mol. The van der Waals surface area contributed by atoms with Crippen molar-refractivity contribution in [1.82, 2.24) is 55.2 Å². The van der Waals surface area contributed by atoms with Crippen LogP contribution < -0.4 is 20.7 Å². The molecule has 7 atom stereocenters. The van der Waals surface area contributed by atoms with Crippen molar-refractivity contribution in [3.8, 4) is 33.9 Å². The third-order valence-electron chi connectivity index (χ3n) is 14.9. The van der Waals surface area contributed by atoms with E-state index in [9.17, 15) is 25.1 Å². The Hall–Kier alpha value is -6.38. The van der Waals surface area contributed by atoms with E-state index < -0.39 is 41.7 Å². The van der Waals surface area contributed by atoms with Crippen LogP contribution in [-0.2, 0) is 21.4 Å². The van der Waals surface area contributed by atoms with Crippen molar-refractivity contribution in [1.29, 1.82) is 5.26 Å². The number of nitrogens with one attached hydrogen (secondary N) is 1. The third-order valence-corrected chi connectivity index (χ3v) is 17.0. The Kier molecular flexibility index (Phi) is 16.3. The second-order valence-electron chi connectivity index (χ2n) is 21.1. The lowest BCUT2D eigenvalue weighted by Gasteiger charge is -2.32. The van der Waals surface area contributed by atoms with E-state index in [1.807, 2.05) is 65.8 Å². The lowest BCUT2D eigenvalue weighted by atomic mass is 9.72. The summed E-state index contributed by atoms with van der Waals surface area (Å²) in [7, 11) is 0. The number of likely N-dealkylation sites (tertiary alicyclic amines) is 1. The van der Waals surface area contributed by atoms with Crippen LogP contribution in [0.4, 0.5) is 10.9 Å². The van der Waals surface area contributed by atoms with Crippen LogP contribution in [0.2, 0.25) is 0 Å². The highest BCUT2D eigenvalue weighted by Gasteiger charge is 2.45. The number of hydrogen-bond donors (Lipinski definition) is 4. The molecule has 0 spiro atoms. The average Bonchev–Trinajstić information content (AvgIpc) is 4.26. The number of benzene rings is 1. The number of anilines is 2. The third kappa shape index (κ3) is 11.3. The Morgan fingerprint density at radius 1 is 1.07 bits per heavy atom. The van der Waals surface area contributed by atoms with Crippen molar-refractivity contribution in [2.45, 2.75) is 135 Å². The summed E-state index contributed by atoms with van der Waals surface area (Å²) in [5.74, 6) is 0.487. The zero-order chi connectivity index (χ0) is 53.1. The van der Waals surface area contributed by atoms with Gasteiger partial charge >= 0.3 is 0 Å². The molecule has 1 aliphatic carbocycles. The van der Waals surface area contributed by atoms with Crippen molar-refractivity contribution in [3.63, 3.8) is 0 Å². The molecule has 5 N–H and O–H groups in total. The summed E-state index contributed by atoms with van der Waals surface area (Å²) in [4.78, 5) is 55.7. The van der Waals surface area contributed by atoms with E-state index in [0.29, 0.717) is 46.4 Å². The number of fused-ring (bicyclic) bond motifs is 1. The maximum atomic E-state index is 14.4. The molecule has 75 heavy (non-hydrogen) atoms. The summed E-state index contributed by atoms with van der Waals surface area (Å²) < 4.78 is 13.4. The number of thiophene rings is 1. The van der Waals surface area contributed by atoms with Gasteiger partial charge in [0.1, 0.15) is 28.8 Å². The molecule has 3 aliphatic rings. The monoisotopic (exact) mass is 1060 g/mol. The molecule has 7 heterocycles. The fourth-order valence-corrected chi connectivity index (χ4v) is 12.9. The second-order valence-corrected chi connectivity index (χ2v) is 23.1. The van der Waals surface area contributed by atoms with E-state index in [0.717, 1.165) is 96.8 Å². The molecule has 0 saturated carbocycles. The Morgan fingerprint density at radius 2 is 1.87 bits per heavy atom. The number of ether oxygens (including phenoxy) is 1. The van der Waals surface area contributed by atoms with Gasteiger partial charge in [-0.3, -0.25) is 9.59 Å². The van der Waals surface area contributed by atoms with E-state index in [1.165, 1.54) is 20.9 Å². The standard InChI is InChI=1S/C53H68N14O6S2/c1-30(2)44(50(71)66-27-36(68)24-39(66)49(70)59-43(45(69)31(3)4)34-13-15-35(16-14-34)46-33(6)57-29-74-46)67-28-41(61-63-67)72-23-9-8-20-64-21-11-22-65(32(5)26-64)52-56-19-17-38(58-52)48-60-51(73-62-48)53(7)18-10-12-40-42(53)37(25-54)47(55)75-40/h13-17,19,28-32,36,39,43-45,68-69H,8-12,18,20-24,26-27,55H2,1-7H3,(H,59,70)/t32-,36+,39-,43+,44?,45+,53-/m0/s1. The molecule has 2 fully saturated rings. The van der Waals surface area contributed by atoms with Gasteiger partial charge < -0.3 is 45.2 Å². The topological polar surface area (TPSA) is 264 Å². The van der Waals surface area contributed by atoms with Gasteiger partial charge in [-0.2, -0.15) is 10.2 Å². The molecule has 1 aromatic carbocycles. The molecule has 398 valence electrons. The molecule has 0 radical (unpaired) electrons. The van der Waals surface area contributed by atoms with E-state index >= 15 is 0 Å². The number of amides is 2. The van der Waals surface area contributed by atoms with Crippen LogP contribution in [0.25, 0.3) is 22.0 Å². The van der Waals surface area contributed by atoms with Crippen LogP contribution in [0.3, 0.4) is 0 Å². The molecular formula is C53H68N14O6S2. The van der Waals surface area contributed by atoms with Crippen LogP contribution in [0, 0.1) is 30.1 Å². The summed E-state index contributed by atoms with van der Waals surface area (Å²) in [6, 6.07) is 9.42. The van der Waals surface area contributed by atoms with E-state index in [4.69, 9.17) is 25.0 Å². The molecule has 6 aromatic rings. The zero-order valence-corrected chi connectivity index (χ0v) is 45.4. The lowest BCUT2D eigenvalue weighted by Crippen LogP contribution is -2.51. The highest BCUT2D eigenvalue weighted by atomic mass is 32.1. The maximum Gasteiger partial charge on any atom is 0.253 e. The molecule has 0 bridgehead atoms. The first-order valence-corrected chi connectivity index (χ1v) is 27.7. The number of nitrogen functional groups attached to an aromatic ring is 1. The first-order chi connectivity index (χ1) is 36.0. The maximum absolute atomic E-state index is 14.4. The average molecular weight is 1060 g/mol. The number of aliphatic hydroxyl groups excluding tert-OH is 2. The molecule has 1 unspecified atom stereocenters. The number of nitriles is 1. The van der Waals surface area contributed by atoms with Crippen LogP contribution >= 0.6 is 22.7 Å². The quantitative estimate of drug-likeness (QED) is 0.0669. The van der Waals surface area contributed by atoms with Crippen molar-refractivity contribution in [2.24, 2.45) is 11.8 Å².